The summed E-state index contributed by atoms with van der Waals surface area (Å²) in [6.07, 6.45) is 2.62. The molecule has 0 bridgehead atoms. The molecule has 0 heterocycles. The molecule has 0 radical (unpaired) electrons. The van der Waals surface area contributed by atoms with Gasteiger partial charge in [-0.15, -0.1) is 0 Å². The maximum absolute atomic E-state index is 10.7. The average Bonchev–Trinajstić information content (AvgIpc) is 2.10. The van der Waals surface area contributed by atoms with Crippen LogP contribution in [0.15, 0.2) is 0 Å². The first-order valence-electron chi connectivity index (χ1n) is 4.21. The Morgan fingerprint density at radius 3 is 2.46 bits per heavy atom. The number of alkyl halides is 1. The minimum absolute atomic E-state index is 0.0406. The number of nitrogens with one attached hydrogen (secondary N) is 1. The number of carboxylic acid groups (broad SMARTS) is 1. The first-order valence-corrected chi connectivity index (χ1v) is 5.74. The van der Waals surface area contributed by atoms with Gasteiger partial charge >= 0.3 is 5.97 Å². The molecule has 13 heavy (non-hydrogen) atoms. The summed E-state index contributed by atoms with van der Waals surface area (Å²) in [5.74, 6) is -0.713. The van der Waals surface area contributed by atoms with Crippen molar-refractivity contribution in [1.29, 1.82) is 0 Å². The van der Waals surface area contributed by atoms with Crippen molar-refractivity contribution in [3.05, 3.63) is 0 Å². The van der Waals surface area contributed by atoms with Gasteiger partial charge in [-0.1, -0.05) is 29.0 Å². The van der Waals surface area contributed by atoms with Gasteiger partial charge in [-0.05, 0) is 12.8 Å². The molecule has 0 unspecified atom stereocenters. The number of carbonyl (C=O) groups is 2. The molecule has 0 aromatic heterocycles. The highest BCUT2D eigenvalue weighted by molar-refractivity contribution is 14.1. The molecule has 0 rings (SSSR count). The summed E-state index contributed by atoms with van der Waals surface area (Å²) in [5.41, 5.74) is 0. The highest BCUT2D eigenvalue weighted by Crippen LogP contribution is 1.98. The topological polar surface area (TPSA) is 66.4 Å². The molecule has 76 valence electrons. The van der Waals surface area contributed by atoms with Crippen molar-refractivity contribution in [3.8, 4) is 0 Å². The van der Waals surface area contributed by atoms with Crippen molar-refractivity contribution in [2.75, 3.05) is 11.0 Å². The zero-order valence-corrected chi connectivity index (χ0v) is 9.54. The van der Waals surface area contributed by atoms with Crippen molar-refractivity contribution in [2.24, 2.45) is 0 Å². The van der Waals surface area contributed by atoms with Gasteiger partial charge in [0.15, 0.2) is 0 Å². The van der Waals surface area contributed by atoms with Crippen LogP contribution in [0, 0.1) is 0 Å². The third kappa shape index (κ3) is 9.59. The first-order chi connectivity index (χ1) is 6.16. The molecule has 0 fully saturated rings. The van der Waals surface area contributed by atoms with Crippen LogP contribution in [0.1, 0.15) is 25.7 Å². The zero-order valence-electron chi connectivity index (χ0n) is 7.38. The molecule has 0 spiro atoms. The first kappa shape index (κ1) is 12.7. The minimum Gasteiger partial charge on any atom is -0.481 e. The fourth-order valence-corrected chi connectivity index (χ4v) is 1.12. The predicted octanol–water partition coefficient (Wildman–Crippen LogP) is 1.18. The van der Waals surface area contributed by atoms with Crippen molar-refractivity contribution >= 4 is 34.5 Å². The normalized spacial score (nSPS) is 9.62. The maximum Gasteiger partial charge on any atom is 0.303 e. The fraction of sp³-hybridized carbons (Fsp3) is 0.750. The number of carboxylic acids is 1. The molecule has 0 aromatic rings. The zero-order chi connectivity index (χ0) is 10.1. The molecular weight excluding hydrogens is 285 g/mol. The van der Waals surface area contributed by atoms with Crippen LogP contribution in [-0.2, 0) is 9.59 Å². The van der Waals surface area contributed by atoms with Crippen molar-refractivity contribution in [2.45, 2.75) is 25.7 Å². The van der Waals surface area contributed by atoms with Gasteiger partial charge in [0, 0.05) is 13.0 Å². The van der Waals surface area contributed by atoms with Crippen molar-refractivity contribution < 1.29 is 14.7 Å². The number of carbonyl (C=O) groups excluding carboxylic acids is 1. The van der Waals surface area contributed by atoms with Gasteiger partial charge in [0.2, 0.25) is 5.91 Å². The van der Waals surface area contributed by atoms with E-state index in [-0.39, 0.29) is 12.3 Å². The Balaban J connectivity index is 3.08. The van der Waals surface area contributed by atoms with Crippen LogP contribution in [-0.4, -0.2) is 28.0 Å². The Morgan fingerprint density at radius 1 is 1.23 bits per heavy atom. The monoisotopic (exact) mass is 299 g/mol. The molecule has 0 aliphatic carbocycles. The number of amides is 1. The number of hydrogen-bond acceptors (Lipinski definition) is 2. The molecular formula is C8H14INO3. The Bertz CT molecular complexity index is 173. The van der Waals surface area contributed by atoms with Crippen molar-refractivity contribution in [3.63, 3.8) is 0 Å². The van der Waals surface area contributed by atoms with E-state index in [9.17, 15) is 9.59 Å². The number of halogens is 1. The van der Waals surface area contributed by atoms with Crippen LogP contribution in [0.3, 0.4) is 0 Å². The van der Waals surface area contributed by atoms with Crippen LogP contribution in [0.2, 0.25) is 0 Å². The second kappa shape index (κ2) is 8.28. The SMILES string of the molecule is O=C(O)CCCCCNC(=O)CI. The molecule has 4 nitrogen and oxygen atoms in total. The lowest BCUT2D eigenvalue weighted by atomic mass is 10.2. The van der Waals surface area contributed by atoms with Gasteiger partial charge in [-0.3, -0.25) is 9.59 Å². The second-order valence-electron chi connectivity index (χ2n) is 2.69. The maximum atomic E-state index is 10.7. The number of hydrogen-bond donors (Lipinski definition) is 2. The lowest BCUT2D eigenvalue weighted by molar-refractivity contribution is -0.137. The molecule has 5 heteroatoms. The Kier molecular flexibility index (Phi) is 8.07. The highest BCUT2D eigenvalue weighted by atomic mass is 127. The summed E-state index contributed by atoms with van der Waals surface area (Å²) in [7, 11) is 0. The lowest BCUT2D eigenvalue weighted by Gasteiger charge is -2.01. The number of rotatable bonds is 7. The summed E-state index contributed by atoms with van der Waals surface area (Å²) in [6, 6.07) is 0. The second-order valence-corrected chi connectivity index (χ2v) is 3.45. The van der Waals surface area contributed by atoms with Gasteiger partial charge < -0.3 is 10.4 Å². The summed E-state index contributed by atoms with van der Waals surface area (Å²) < 4.78 is 0.479. The lowest BCUT2D eigenvalue weighted by Crippen LogP contribution is -2.25. The molecule has 0 aliphatic rings. The Labute approximate surface area is 91.2 Å². The molecule has 1 amide bonds. The van der Waals surface area contributed by atoms with E-state index in [0.717, 1.165) is 12.8 Å². The van der Waals surface area contributed by atoms with Gasteiger partial charge in [-0.25, -0.2) is 0 Å². The van der Waals surface area contributed by atoms with E-state index in [0.29, 0.717) is 17.4 Å². The van der Waals surface area contributed by atoms with E-state index in [1.165, 1.54) is 0 Å². The van der Waals surface area contributed by atoms with Gasteiger partial charge in [0.1, 0.15) is 0 Å². The Morgan fingerprint density at radius 2 is 1.92 bits per heavy atom. The standard InChI is InChI=1S/C8H14INO3/c9-6-7(11)10-5-3-1-2-4-8(12)13/h1-6H2,(H,10,11)(H,12,13). The predicted molar refractivity (Wildman–Crippen MR) is 58.0 cm³/mol. The Hall–Kier alpha value is -0.330. The van der Waals surface area contributed by atoms with Crippen LogP contribution in [0.25, 0.3) is 0 Å². The van der Waals surface area contributed by atoms with E-state index < -0.39 is 5.97 Å². The minimum atomic E-state index is -0.753. The summed E-state index contributed by atoms with van der Waals surface area (Å²) in [5, 5.41) is 11.1. The van der Waals surface area contributed by atoms with Gasteiger partial charge in [0.25, 0.3) is 0 Å². The van der Waals surface area contributed by atoms with E-state index in [4.69, 9.17) is 5.11 Å². The largest absolute Gasteiger partial charge is 0.481 e. The van der Waals surface area contributed by atoms with E-state index >= 15 is 0 Å². The third-order valence-electron chi connectivity index (χ3n) is 1.51. The smallest absolute Gasteiger partial charge is 0.303 e. The number of aliphatic carboxylic acids is 1. The van der Waals surface area contributed by atoms with Gasteiger partial charge in [0.05, 0.1) is 4.43 Å². The fourth-order valence-electron chi connectivity index (χ4n) is 0.853. The summed E-state index contributed by atoms with van der Waals surface area (Å²) in [6.45, 7) is 0.654. The van der Waals surface area contributed by atoms with Gasteiger partial charge in [-0.2, -0.15) is 0 Å². The highest BCUT2D eigenvalue weighted by Gasteiger charge is 1.98. The van der Waals surface area contributed by atoms with Crippen LogP contribution < -0.4 is 5.32 Å². The summed E-state index contributed by atoms with van der Waals surface area (Å²) in [4.78, 5) is 20.9. The quantitative estimate of drug-likeness (QED) is 0.421. The average molecular weight is 299 g/mol. The van der Waals surface area contributed by atoms with E-state index in [1.54, 1.807) is 0 Å². The van der Waals surface area contributed by atoms with E-state index in [2.05, 4.69) is 5.32 Å². The molecule has 2 N–H and O–H groups in total. The molecule has 0 atom stereocenters. The molecule has 0 aromatic carbocycles. The third-order valence-corrected chi connectivity index (χ3v) is 2.20. The number of unbranched alkanes of at least 4 members (excludes halogenated alkanes) is 2. The van der Waals surface area contributed by atoms with E-state index in [1.807, 2.05) is 22.6 Å². The van der Waals surface area contributed by atoms with Crippen LogP contribution in [0.5, 0.6) is 0 Å². The van der Waals surface area contributed by atoms with Crippen LogP contribution in [0.4, 0.5) is 0 Å². The molecule has 0 saturated heterocycles. The summed E-state index contributed by atoms with van der Waals surface area (Å²) >= 11 is 2.00. The van der Waals surface area contributed by atoms with Crippen molar-refractivity contribution in [1.82, 2.24) is 5.32 Å². The molecule has 0 aliphatic heterocycles. The molecule has 0 saturated carbocycles. The van der Waals surface area contributed by atoms with Crippen LogP contribution >= 0.6 is 22.6 Å².